The van der Waals surface area contributed by atoms with Gasteiger partial charge >= 0.3 is 0 Å². The Bertz CT molecular complexity index is 993. The Kier molecular flexibility index (Phi) is 5.10. The minimum Gasteiger partial charge on any atom is -0.369 e. The van der Waals surface area contributed by atoms with Gasteiger partial charge in [-0.2, -0.15) is 0 Å². The van der Waals surface area contributed by atoms with E-state index in [2.05, 4.69) is 25.2 Å². The van der Waals surface area contributed by atoms with Crippen molar-refractivity contribution in [2.45, 2.75) is 19.4 Å². The minimum absolute atomic E-state index is 0.0944. The number of hydrogen-bond acceptors (Lipinski definition) is 5. The summed E-state index contributed by atoms with van der Waals surface area (Å²) in [7, 11) is 0. The molecule has 1 fully saturated rings. The standard InChI is InChI=1S/C20H19F2N5O/c21-15-6-13(7-16(22)8-15)10-26-20(28)14-2-1-5-27(12-14)17-9-18-19(25-11-17)24-4-3-23-18/h3-4,6-9,11,14H,1-2,5,10,12H2,(H,26,28)/t14-/m1/s1. The number of carbonyl (C=O) groups excluding carboxylic acids is 1. The number of carbonyl (C=O) groups is 1. The molecule has 144 valence electrons. The molecule has 1 N–H and O–H groups in total. The van der Waals surface area contributed by atoms with E-state index in [9.17, 15) is 13.6 Å². The number of benzene rings is 1. The van der Waals surface area contributed by atoms with E-state index in [4.69, 9.17) is 0 Å². The third-order valence-electron chi connectivity index (χ3n) is 4.86. The molecule has 1 aliphatic heterocycles. The highest BCUT2D eigenvalue weighted by atomic mass is 19.1. The summed E-state index contributed by atoms with van der Waals surface area (Å²) in [5.74, 6) is -1.63. The summed E-state index contributed by atoms with van der Waals surface area (Å²) in [4.78, 5) is 27.4. The molecule has 2 aromatic heterocycles. The number of aromatic nitrogens is 3. The molecule has 1 aromatic carbocycles. The predicted molar refractivity (Wildman–Crippen MR) is 100 cm³/mol. The zero-order valence-corrected chi connectivity index (χ0v) is 15.1. The van der Waals surface area contributed by atoms with Crippen LogP contribution < -0.4 is 10.2 Å². The Labute approximate surface area is 160 Å². The highest BCUT2D eigenvalue weighted by Gasteiger charge is 2.26. The topological polar surface area (TPSA) is 71.0 Å². The molecule has 1 amide bonds. The fourth-order valence-corrected chi connectivity index (χ4v) is 3.49. The summed E-state index contributed by atoms with van der Waals surface area (Å²) in [6.45, 7) is 1.47. The van der Waals surface area contributed by atoms with Crippen molar-refractivity contribution in [3.8, 4) is 0 Å². The van der Waals surface area contributed by atoms with Gasteiger partial charge in [-0.1, -0.05) is 0 Å². The highest BCUT2D eigenvalue weighted by molar-refractivity contribution is 5.80. The molecule has 0 aliphatic carbocycles. The van der Waals surface area contributed by atoms with Gasteiger partial charge in [0, 0.05) is 38.1 Å². The van der Waals surface area contributed by atoms with Gasteiger partial charge in [-0.25, -0.2) is 18.7 Å². The molecule has 0 bridgehead atoms. The van der Waals surface area contributed by atoms with Gasteiger partial charge in [0.25, 0.3) is 0 Å². The second kappa shape index (κ2) is 7.84. The first-order chi connectivity index (χ1) is 13.6. The highest BCUT2D eigenvalue weighted by Crippen LogP contribution is 2.24. The average Bonchev–Trinajstić information content (AvgIpc) is 2.71. The van der Waals surface area contributed by atoms with Crippen LogP contribution in [0.15, 0.2) is 42.9 Å². The molecule has 3 heterocycles. The van der Waals surface area contributed by atoms with E-state index >= 15 is 0 Å². The average molecular weight is 383 g/mol. The van der Waals surface area contributed by atoms with E-state index in [1.165, 1.54) is 12.1 Å². The molecule has 28 heavy (non-hydrogen) atoms. The third-order valence-corrected chi connectivity index (χ3v) is 4.86. The number of anilines is 1. The molecule has 0 radical (unpaired) electrons. The van der Waals surface area contributed by atoms with Crippen LogP contribution in [0, 0.1) is 17.6 Å². The van der Waals surface area contributed by atoms with Crippen molar-refractivity contribution in [1.82, 2.24) is 20.3 Å². The summed E-state index contributed by atoms with van der Waals surface area (Å²) >= 11 is 0. The number of hydrogen-bond donors (Lipinski definition) is 1. The maximum atomic E-state index is 13.3. The van der Waals surface area contributed by atoms with Gasteiger partial charge in [-0.3, -0.25) is 9.78 Å². The van der Waals surface area contributed by atoms with Crippen molar-refractivity contribution in [2.75, 3.05) is 18.0 Å². The SMILES string of the molecule is O=C(NCc1cc(F)cc(F)c1)[C@@H]1CCCN(c2cnc3nccnc3c2)C1. The quantitative estimate of drug-likeness (QED) is 0.750. The second-order valence-electron chi connectivity index (χ2n) is 6.87. The molecule has 6 nitrogen and oxygen atoms in total. The van der Waals surface area contributed by atoms with Crippen LogP contribution in [0.4, 0.5) is 14.5 Å². The molecular weight excluding hydrogens is 364 g/mol. The lowest BCUT2D eigenvalue weighted by molar-refractivity contribution is -0.125. The van der Waals surface area contributed by atoms with Crippen LogP contribution in [0.25, 0.3) is 11.2 Å². The first-order valence-electron chi connectivity index (χ1n) is 9.13. The lowest BCUT2D eigenvalue weighted by atomic mass is 9.96. The fourth-order valence-electron chi connectivity index (χ4n) is 3.49. The van der Waals surface area contributed by atoms with Crippen LogP contribution in [0.1, 0.15) is 18.4 Å². The first kappa shape index (κ1) is 18.2. The molecule has 1 aliphatic rings. The Morgan fingerprint density at radius 2 is 1.89 bits per heavy atom. The zero-order chi connectivity index (χ0) is 19.5. The summed E-state index contributed by atoms with van der Waals surface area (Å²) in [6, 6.07) is 5.17. The number of pyridine rings is 1. The summed E-state index contributed by atoms with van der Waals surface area (Å²) in [5, 5.41) is 2.79. The Hall–Kier alpha value is -3.16. The van der Waals surface area contributed by atoms with E-state index in [0.29, 0.717) is 23.3 Å². The van der Waals surface area contributed by atoms with E-state index in [0.717, 1.165) is 31.1 Å². The van der Waals surface area contributed by atoms with Gasteiger partial charge < -0.3 is 10.2 Å². The van der Waals surface area contributed by atoms with Crippen molar-refractivity contribution in [3.05, 3.63) is 60.1 Å². The largest absolute Gasteiger partial charge is 0.369 e. The smallest absolute Gasteiger partial charge is 0.225 e. The van der Waals surface area contributed by atoms with Gasteiger partial charge in [0.05, 0.1) is 17.8 Å². The van der Waals surface area contributed by atoms with Gasteiger partial charge in [0.15, 0.2) is 5.65 Å². The second-order valence-corrected chi connectivity index (χ2v) is 6.87. The van der Waals surface area contributed by atoms with Crippen molar-refractivity contribution in [1.29, 1.82) is 0 Å². The number of halogens is 2. The van der Waals surface area contributed by atoms with Crippen LogP contribution in [0.2, 0.25) is 0 Å². The fraction of sp³-hybridized carbons (Fsp3) is 0.300. The third kappa shape index (κ3) is 4.05. The van der Waals surface area contributed by atoms with Crippen molar-refractivity contribution in [3.63, 3.8) is 0 Å². The molecule has 0 unspecified atom stereocenters. The number of nitrogens with zero attached hydrogens (tertiary/aromatic N) is 4. The summed E-state index contributed by atoms with van der Waals surface area (Å²) in [6.07, 6.45) is 6.59. The minimum atomic E-state index is -0.653. The predicted octanol–water partition coefficient (Wildman–Crippen LogP) is 2.84. The molecule has 1 saturated heterocycles. The van der Waals surface area contributed by atoms with Crippen molar-refractivity contribution in [2.24, 2.45) is 5.92 Å². The molecule has 1 atom stereocenters. The lowest BCUT2D eigenvalue weighted by Gasteiger charge is -2.33. The van der Waals surface area contributed by atoms with Crippen molar-refractivity contribution >= 4 is 22.8 Å². The Morgan fingerprint density at radius 1 is 1.11 bits per heavy atom. The lowest BCUT2D eigenvalue weighted by Crippen LogP contribution is -2.43. The molecular formula is C20H19F2N5O. The number of rotatable bonds is 4. The number of fused-ring (bicyclic) bond motifs is 1. The number of amides is 1. The molecule has 8 heteroatoms. The number of piperidine rings is 1. The Morgan fingerprint density at radius 3 is 2.71 bits per heavy atom. The molecule has 3 aromatic rings. The van der Waals surface area contributed by atoms with Crippen LogP contribution in [-0.4, -0.2) is 33.9 Å². The maximum Gasteiger partial charge on any atom is 0.225 e. The van der Waals surface area contributed by atoms with Crippen LogP contribution >= 0.6 is 0 Å². The van der Waals surface area contributed by atoms with Crippen molar-refractivity contribution < 1.29 is 13.6 Å². The first-order valence-corrected chi connectivity index (χ1v) is 9.13. The van der Waals surface area contributed by atoms with Crippen LogP contribution in [0.3, 0.4) is 0 Å². The normalized spacial score (nSPS) is 16.9. The van der Waals surface area contributed by atoms with E-state index < -0.39 is 11.6 Å². The zero-order valence-electron chi connectivity index (χ0n) is 15.1. The van der Waals surface area contributed by atoms with Gasteiger partial charge in [0.2, 0.25) is 5.91 Å². The Balaban J connectivity index is 1.41. The van der Waals surface area contributed by atoms with Gasteiger partial charge in [0.1, 0.15) is 17.2 Å². The number of nitrogens with one attached hydrogen (secondary N) is 1. The van der Waals surface area contributed by atoms with Gasteiger partial charge in [-0.15, -0.1) is 0 Å². The summed E-state index contributed by atoms with van der Waals surface area (Å²) in [5.41, 5.74) is 2.59. The maximum absolute atomic E-state index is 13.3. The van der Waals surface area contributed by atoms with E-state index in [1.807, 2.05) is 6.07 Å². The molecule has 4 rings (SSSR count). The molecule has 0 saturated carbocycles. The summed E-state index contributed by atoms with van der Waals surface area (Å²) < 4.78 is 26.6. The van der Waals surface area contributed by atoms with Crippen LogP contribution in [0.5, 0.6) is 0 Å². The van der Waals surface area contributed by atoms with Gasteiger partial charge in [-0.05, 0) is 36.6 Å². The molecule has 0 spiro atoms. The van der Waals surface area contributed by atoms with E-state index in [1.54, 1.807) is 18.6 Å². The van der Waals surface area contributed by atoms with Crippen LogP contribution in [-0.2, 0) is 11.3 Å². The monoisotopic (exact) mass is 383 g/mol. The van der Waals surface area contributed by atoms with E-state index in [-0.39, 0.29) is 18.4 Å².